The van der Waals surface area contributed by atoms with Gasteiger partial charge >= 0.3 is 5.97 Å². The molecule has 3 rings (SSSR count). The Bertz CT molecular complexity index is 917. The first kappa shape index (κ1) is 14.3. The fraction of sp³-hybridized carbons (Fsp3) is 0.154. The number of benzene rings is 1. The summed E-state index contributed by atoms with van der Waals surface area (Å²) >= 11 is 1.30. The molecule has 1 aromatic carbocycles. The summed E-state index contributed by atoms with van der Waals surface area (Å²) in [7, 11) is 0. The number of hydrogen-bond donors (Lipinski definition) is 2. The van der Waals surface area contributed by atoms with Crippen LogP contribution in [0.25, 0.3) is 5.78 Å². The van der Waals surface area contributed by atoms with Crippen molar-refractivity contribution in [2.24, 2.45) is 0 Å². The number of aromatic nitrogens is 5. The number of fused-ring (bicyclic) bond motifs is 1. The summed E-state index contributed by atoms with van der Waals surface area (Å²) in [6.07, 6.45) is 0. The van der Waals surface area contributed by atoms with E-state index in [2.05, 4.69) is 20.3 Å². The molecule has 0 atom stereocenters. The zero-order chi connectivity index (χ0) is 15.7. The Hall–Kier alpha value is -2.68. The van der Waals surface area contributed by atoms with E-state index < -0.39 is 5.97 Å². The lowest BCUT2D eigenvalue weighted by Gasteiger charge is -2.04. The van der Waals surface area contributed by atoms with Crippen molar-refractivity contribution in [1.82, 2.24) is 24.8 Å². The summed E-state index contributed by atoms with van der Waals surface area (Å²) in [5.74, 6) is -0.312. The van der Waals surface area contributed by atoms with E-state index in [0.29, 0.717) is 22.2 Å². The maximum absolute atomic E-state index is 11.5. The molecular formula is C13H11N5O3S. The Morgan fingerprint density at radius 1 is 1.36 bits per heavy atom. The first-order valence-corrected chi connectivity index (χ1v) is 7.31. The van der Waals surface area contributed by atoms with E-state index in [1.54, 1.807) is 31.2 Å². The number of carboxylic acid groups (broad SMARTS) is 1. The number of H-pyrrole nitrogens is 1. The molecule has 2 aromatic heterocycles. The van der Waals surface area contributed by atoms with Gasteiger partial charge in [-0.1, -0.05) is 30.0 Å². The van der Waals surface area contributed by atoms with Crippen LogP contribution in [0.3, 0.4) is 0 Å². The topological polar surface area (TPSA) is 113 Å². The number of hydrogen-bond acceptors (Lipinski definition) is 6. The maximum Gasteiger partial charge on any atom is 0.335 e. The Balaban J connectivity index is 1.90. The molecule has 0 aliphatic heterocycles. The van der Waals surface area contributed by atoms with Gasteiger partial charge in [-0.05, 0) is 18.6 Å². The van der Waals surface area contributed by atoms with E-state index in [4.69, 9.17) is 5.11 Å². The van der Waals surface area contributed by atoms with Gasteiger partial charge in [0.05, 0.1) is 5.56 Å². The molecule has 0 fully saturated rings. The van der Waals surface area contributed by atoms with Crippen LogP contribution in [0.2, 0.25) is 0 Å². The fourth-order valence-corrected chi connectivity index (χ4v) is 2.79. The van der Waals surface area contributed by atoms with Crippen LogP contribution in [0.4, 0.5) is 0 Å². The smallest absolute Gasteiger partial charge is 0.335 e. The molecule has 0 unspecified atom stereocenters. The summed E-state index contributed by atoms with van der Waals surface area (Å²) in [6.45, 7) is 1.59. The third-order valence-corrected chi connectivity index (χ3v) is 3.99. The summed E-state index contributed by atoms with van der Waals surface area (Å²) in [5, 5.41) is 21.6. The van der Waals surface area contributed by atoms with Crippen LogP contribution >= 0.6 is 11.8 Å². The van der Waals surface area contributed by atoms with E-state index in [0.717, 1.165) is 0 Å². The van der Waals surface area contributed by atoms with Crippen LogP contribution in [0.15, 0.2) is 34.2 Å². The minimum Gasteiger partial charge on any atom is -0.478 e. The molecule has 8 nitrogen and oxygen atoms in total. The number of nitrogens with zero attached hydrogens (tertiary/aromatic N) is 4. The first-order chi connectivity index (χ1) is 10.6. The van der Waals surface area contributed by atoms with E-state index in [1.165, 1.54) is 16.3 Å². The highest BCUT2D eigenvalue weighted by Crippen LogP contribution is 2.22. The molecule has 2 N–H and O–H groups in total. The van der Waals surface area contributed by atoms with Crippen LogP contribution in [0, 0.1) is 6.92 Å². The minimum absolute atomic E-state index is 0.251. The zero-order valence-corrected chi connectivity index (χ0v) is 12.3. The van der Waals surface area contributed by atoms with Gasteiger partial charge in [0.1, 0.15) is 5.69 Å². The van der Waals surface area contributed by atoms with Crippen LogP contribution in [0.5, 0.6) is 0 Å². The van der Waals surface area contributed by atoms with Crippen LogP contribution in [-0.4, -0.2) is 35.9 Å². The average Bonchev–Trinajstić information content (AvgIpc) is 2.88. The van der Waals surface area contributed by atoms with Crippen molar-refractivity contribution in [3.8, 4) is 0 Å². The molecule has 2 heterocycles. The van der Waals surface area contributed by atoms with Crippen LogP contribution in [-0.2, 0) is 5.75 Å². The molecule has 0 aliphatic rings. The third kappa shape index (κ3) is 2.58. The van der Waals surface area contributed by atoms with Crippen molar-refractivity contribution in [2.75, 3.05) is 0 Å². The molecule has 0 saturated heterocycles. The molecule has 0 aliphatic carbocycles. The molecule has 0 saturated carbocycles. The lowest BCUT2D eigenvalue weighted by atomic mass is 10.1. The zero-order valence-electron chi connectivity index (χ0n) is 11.5. The highest BCUT2D eigenvalue weighted by atomic mass is 32.2. The predicted molar refractivity (Wildman–Crippen MR) is 79.1 cm³/mol. The first-order valence-electron chi connectivity index (χ1n) is 6.32. The fourth-order valence-electron chi connectivity index (χ4n) is 1.91. The Kier molecular flexibility index (Phi) is 3.63. The number of aromatic carboxylic acids is 1. The van der Waals surface area contributed by atoms with Crippen molar-refractivity contribution >= 4 is 23.5 Å². The standard InChI is InChI=1S/C13H11N5O3S/c1-7-10(19)14-12-15-16-13(18(12)17-7)22-6-8-4-2-3-5-9(8)11(20)21/h2-5H,6H2,1H3,(H,20,21)(H,14,15,19). The molecule has 112 valence electrons. The molecule has 0 bridgehead atoms. The molecule has 0 amide bonds. The molecular weight excluding hydrogens is 306 g/mol. The number of rotatable bonds is 4. The lowest BCUT2D eigenvalue weighted by Crippen LogP contribution is -2.15. The second kappa shape index (κ2) is 5.60. The van der Waals surface area contributed by atoms with Crippen molar-refractivity contribution in [2.45, 2.75) is 17.8 Å². The summed E-state index contributed by atoms with van der Waals surface area (Å²) in [4.78, 5) is 25.2. The van der Waals surface area contributed by atoms with Gasteiger partial charge in [0.2, 0.25) is 5.16 Å². The number of aromatic amines is 1. The van der Waals surface area contributed by atoms with Crippen molar-refractivity contribution in [1.29, 1.82) is 0 Å². The second-order valence-electron chi connectivity index (χ2n) is 4.51. The highest BCUT2D eigenvalue weighted by Gasteiger charge is 2.13. The number of aryl methyl sites for hydroxylation is 1. The van der Waals surface area contributed by atoms with E-state index in [-0.39, 0.29) is 16.9 Å². The number of carboxylic acids is 1. The van der Waals surface area contributed by atoms with Gasteiger partial charge in [-0.3, -0.25) is 9.78 Å². The van der Waals surface area contributed by atoms with Crippen LogP contribution < -0.4 is 5.56 Å². The summed E-state index contributed by atoms with van der Waals surface area (Å²) in [6, 6.07) is 6.77. The Labute approximate surface area is 128 Å². The molecule has 9 heteroatoms. The van der Waals surface area contributed by atoms with Gasteiger partial charge in [0.15, 0.2) is 0 Å². The van der Waals surface area contributed by atoms with Crippen molar-refractivity contribution in [3.05, 3.63) is 51.4 Å². The summed E-state index contributed by atoms with van der Waals surface area (Å²) in [5.41, 5.74) is 0.923. The van der Waals surface area contributed by atoms with Crippen molar-refractivity contribution < 1.29 is 9.90 Å². The van der Waals surface area contributed by atoms with Crippen molar-refractivity contribution in [3.63, 3.8) is 0 Å². The minimum atomic E-state index is -0.972. The van der Waals surface area contributed by atoms with Gasteiger partial charge in [-0.15, -0.1) is 10.2 Å². The Morgan fingerprint density at radius 3 is 2.91 bits per heavy atom. The molecule has 22 heavy (non-hydrogen) atoms. The molecule has 0 spiro atoms. The van der Waals surface area contributed by atoms with Gasteiger partial charge < -0.3 is 5.11 Å². The van der Waals surface area contributed by atoms with Gasteiger partial charge in [-0.25, -0.2) is 4.79 Å². The average molecular weight is 317 g/mol. The molecule has 3 aromatic rings. The second-order valence-corrected chi connectivity index (χ2v) is 5.45. The SMILES string of the molecule is Cc1nn2c(SCc3ccccc3C(=O)O)nnc2[nH]c1=O. The number of nitrogens with one attached hydrogen (secondary N) is 1. The van der Waals surface area contributed by atoms with Gasteiger partial charge in [0, 0.05) is 5.75 Å². The Morgan fingerprint density at radius 2 is 2.14 bits per heavy atom. The summed E-state index contributed by atoms with van der Waals surface area (Å²) < 4.78 is 1.44. The quantitative estimate of drug-likeness (QED) is 0.693. The lowest BCUT2D eigenvalue weighted by molar-refractivity contribution is 0.0696. The maximum atomic E-state index is 11.5. The normalized spacial score (nSPS) is 11.0. The number of thioether (sulfide) groups is 1. The van der Waals surface area contributed by atoms with E-state index >= 15 is 0 Å². The monoisotopic (exact) mass is 317 g/mol. The largest absolute Gasteiger partial charge is 0.478 e. The van der Waals surface area contributed by atoms with E-state index in [1.807, 2.05) is 0 Å². The van der Waals surface area contributed by atoms with E-state index in [9.17, 15) is 9.59 Å². The predicted octanol–water partition coefficient (Wildman–Crippen LogP) is 1.11. The van der Waals surface area contributed by atoms with Crippen LogP contribution in [0.1, 0.15) is 21.6 Å². The van der Waals surface area contributed by atoms with Gasteiger partial charge in [0.25, 0.3) is 11.3 Å². The highest BCUT2D eigenvalue weighted by molar-refractivity contribution is 7.98. The number of carbonyl (C=O) groups is 1. The van der Waals surface area contributed by atoms with Gasteiger partial charge in [-0.2, -0.15) is 9.61 Å². The molecule has 0 radical (unpaired) electrons. The third-order valence-electron chi connectivity index (χ3n) is 3.02.